The van der Waals surface area contributed by atoms with Gasteiger partial charge in [-0.05, 0) is 11.1 Å². The predicted octanol–water partition coefficient (Wildman–Crippen LogP) is 4.69. The molecule has 0 saturated heterocycles. The Bertz CT molecular complexity index is 942. The molecule has 0 aliphatic carbocycles. The highest BCUT2D eigenvalue weighted by atomic mass is 19.1. The van der Waals surface area contributed by atoms with Crippen molar-refractivity contribution in [2.45, 2.75) is 13.2 Å². The number of hydrogen-bond acceptors (Lipinski definition) is 4. The van der Waals surface area contributed by atoms with Gasteiger partial charge in [0, 0.05) is 6.07 Å². The first-order valence-electron chi connectivity index (χ1n) is 8.57. The first-order chi connectivity index (χ1) is 13.6. The van der Waals surface area contributed by atoms with Crippen molar-refractivity contribution in [3.05, 3.63) is 89.2 Å². The highest BCUT2D eigenvalue weighted by Gasteiger charge is 2.25. The lowest BCUT2D eigenvalue weighted by Crippen LogP contribution is -2.09. The topological polar surface area (TPSA) is 65.0 Å². The Morgan fingerprint density at radius 3 is 1.86 bits per heavy atom. The molecule has 3 rings (SSSR count). The molecule has 28 heavy (non-hydrogen) atoms. The molecule has 0 unspecified atom stereocenters. The number of carboxylic acids is 1. The van der Waals surface area contributed by atoms with Crippen LogP contribution in [-0.2, 0) is 13.2 Å². The molecule has 144 valence electrons. The number of ether oxygens (including phenoxy) is 3. The zero-order chi connectivity index (χ0) is 19.9. The van der Waals surface area contributed by atoms with Gasteiger partial charge >= 0.3 is 5.97 Å². The van der Waals surface area contributed by atoms with Crippen LogP contribution in [0.4, 0.5) is 4.39 Å². The van der Waals surface area contributed by atoms with Crippen molar-refractivity contribution in [3.63, 3.8) is 0 Å². The molecule has 0 atom stereocenters. The maximum Gasteiger partial charge on any atom is 0.338 e. The van der Waals surface area contributed by atoms with Crippen molar-refractivity contribution in [3.8, 4) is 17.2 Å². The Labute approximate surface area is 161 Å². The largest absolute Gasteiger partial charge is 0.493 e. The summed E-state index contributed by atoms with van der Waals surface area (Å²) in [5, 5.41) is 9.30. The third-order valence-corrected chi connectivity index (χ3v) is 4.04. The van der Waals surface area contributed by atoms with E-state index in [2.05, 4.69) is 0 Å². The van der Waals surface area contributed by atoms with E-state index in [0.717, 1.165) is 17.2 Å². The van der Waals surface area contributed by atoms with E-state index in [-0.39, 0.29) is 30.5 Å². The van der Waals surface area contributed by atoms with Gasteiger partial charge in [-0.25, -0.2) is 9.18 Å². The quantitative estimate of drug-likeness (QED) is 0.612. The molecule has 0 amide bonds. The van der Waals surface area contributed by atoms with E-state index >= 15 is 0 Å². The van der Waals surface area contributed by atoms with Crippen LogP contribution in [0, 0.1) is 5.82 Å². The van der Waals surface area contributed by atoms with Crippen molar-refractivity contribution in [1.82, 2.24) is 0 Å². The second kappa shape index (κ2) is 8.90. The molecule has 0 spiro atoms. The van der Waals surface area contributed by atoms with Gasteiger partial charge in [-0.3, -0.25) is 0 Å². The van der Waals surface area contributed by atoms with Crippen LogP contribution in [0.15, 0.2) is 66.7 Å². The first-order valence-corrected chi connectivity index (χ1v) is 8.57. The van der Waals surface area contributed by atoms with E-state index in [1.807, 2.05) is 60.7 Å². The molecule has 1 N–H and O–H groups in total. The van der Waals surface area contributed by atoms with Crippen LogP contribution in [0.3, 0.4) is 0 Å². The number of benzene rings is 3. The van der Waals surface area contributed by atoms with E-state index in [0.29, 0.717) is 0 Å². The average Bonchev–Trinajstić information content (AvgIpc) is 2.72. The summed E-state index contributed by atoms with van der Waals surface area (Å²) in [6, 6.07) is 19.6. The molecule has 0 aliphatic rings. The number of halogens is 1. The molecule has 3 aromatic carbocycles. The van der Waals surface area contributed by atoms with Gasteiger partial charge in [0.1, 0.15) is 18.8 Å². The summed E-state index contributed by atoms with van der Waals surface area (Å²) >= 11 is 0. The molecular formula is C22H19FO5. The predicted molar refractivity (Wildman–Crippen MR) is 101 cm³/mol. The Hall–Kier alpha value is -3.54. The Balaban J connectivity index is 1.96. The lowest BCUT2D eigenvalue weighted by Gasteiger charge is -2.18. The van der Waals surface area contributed by atoms with E-state index in [1.165, 1.54) is 7.11 Å². The number of carboxylic acid groups (broad SMARTS) is 1. The van der Waals surface area contributed by atoms with E-state index in [9.17, 15) is 14.3 Å². The van der Waals surface area contributed by atoms with E-state index in [4.69, 9.17) is 14.2 Å². The highest BCUT2D eigenvalue weighted by molar-refractivity contribution is 5.90. The molecule has 0 saturated carbocycles. The van der Waals surface area contributed by atoms with Gasteiger partial charge in [0.2, 0.25) is 11.5 Å². The minimum Gasteiger partial charge on any atom is -0.493 e. The molecule has 0 aromatic heterocycles. The maximum atomic E-state index is 14.9. The minimum atomic E-state index is -1.42. The fourth-order valence-electron chi connectivity index (χ4n) is 2.63. The summed E-state index contributed by atoms with van der Waals surface area (Å²) in [7, 11) is 1.36. The lowest BCUT2D eigenvalue weighted by molar-refractivity contribution is 0.0689. The molecule has 0 aliphatic heterocycles. The van der Waals surface area contributed by atoms with Crippen molar-refractivity contribution < 1.29 is 28.5 Å². The van der Waals surface area contributed by atoms with Crippen LogP contribution in [0.5, 0.6) is 17.2 Å². The Kier molecular flexibility index (Phi) is 6.11. The van der Waals surface area contributed by atoms with Gasteiger partial charge in [-0.2, -0.15) is 0 Å². The number of hydrogen-bond donors (Lipinski definition) is 1. The zero-order valence-corrected chi connectivity index (χ0v) is 15.2. The summed E-state index contributed by atoms with van der Waals surface area (Å²) in [5.41, 5.74) is 1.11. The molecule has 0 bridgehead atoms. The third kappa shape index (κ3) is 4.40. The molecule has 0 heterocycles. The van der Waals surface area contributed by atoms with Gasteiger partial charge in [0.15, 0.2) is 11.6 Å². The summed E-state index contributed by atoms with van der Waals surface area (Å²) in [5.74, 6) is -2.62. The number of carbonyl (C=O) groups is 1. The molecule has 0 radical (unpaired) electrons. The smallest absolute Gasteiger partial charge is 0.338 e. The van der Waals surface area contributed by atoms with Crippen LogP contribution in [0.25, 0.3) is 0 Å². The second-order valence-electron chi connectivity index (χ2n) is 5.95. The van der Waals surface area contributed by atoms with Crippen molar-refractivity contribution in [2.75, 3.05) is 7.11 Å². The van der Waals surface area contributed by atoms with Crippen molar-refractivity contribution >= 4 is 5.97 Å². The minimum absolute atomic E-state index is 0.0183. The van der Waals surface area contributed by atoms with Gasteiger partial charge in [-0.1, -0.05) is 60.7 Å². The second-order valence-corrected chi connectivity index (χ2v) is 5.95. The van der Waals surface area contributed by atoms with E-state index in [1.54, 1.807) is 0 Å². The van der Waals surface area contributed by atoms with Crippen molar-refractivity contribution in [1.29, 1.82) is 0 Å². The van der Waals surface area contributed by atoms with Crippen LogP contribution < -0.4 is 14.2 Å². The fraction of sp³-hybridized carbons (Fsp3) is 0.136. The number of rotatable bonds is 8. The summed E-state index contributed by atoms with van der Waals surface area (Å²) in [6.07, 6.45) is 0. The highest BCUT2D eigenvalue weighted by Crippen LogP contribution is 2.42. The molecule has 0 fully saturated rings. The van der Waals surface area contributed by atoms with Crippen molar-refractivity contribution in [2.24, 2.45) is 0 Å². The Morgan fingerprint density at radius 2 is 1.39 bits per heavy atom. The third-order valence-electron chi connectivity index (χ3n) is 4.04. The summed E-state index contributed by atoms with van der Waals surface area (Å²) in [6.45, 7) is 0.191. The Morgan fingerprint density at radius 1 is 0.893 bits per heavy atom. The van der Waals surface area contributed by atoms with Crippen LogP contribution in [0.2, 0.25) is 0 Å². The summed E-state index contributed by atoms with van der Waals surface area (Å²) < 4.78 is 31.5. The summed E-state index contributed by atoms with van der Waals surface area (Å²) in [4.78, 5) is 11.4. The number of methoxy groups -OCH3 is 1. The molecular weight excluding hydrogens is 363 g/mol. The normalized spacial score (nSPS) is 10.4. The van der Waals surface area contributed by atoms with Crippen LogP contribution in [0.1, 0.15) is 21.5 Å². The first kappa shape index (κ1) is 19.2. The fourth-order valence-corrected chi connectivity index (χ4v) is 2.63. The van der Waals surface area contributed by atoms with Gasteiger partial charge < -0.3 is 19.3 Å². The van der Waals surface area contributed by atoms with Gasteiger partial charge in [0.05, 0.1) is 7.11 Å². The lowest BCUT2D eigenvalue weighted by atomic mass is 10.1. The SMILES string of the molecule is COc1cc(C(=O)O)c(F)c(OCc2ccccc2)c1OCc1ccccc1. The maximum absolute atomic E-state index is 14.9. The zero-order valence-electron chi connectivity index (χ0n) is 15.2. The molecule has 3 aromatic rings. The number of aromatic carboxylic acids is 1. The van der Waals surface area contributed by atoms with Crippen LogP contribution in [-0.4, -0.2) is 18.2 Å². The van der Waals surface area contributed by atoms with Crippen LogP contribution >= 0.6 is 0 Å². The van der Waals surface area contributed by atoms with E-state index < -0.39 is 17.3 Å². The standard InChI is InChI=1S/C22H19FO5/c1-26-18-12-17(22(24)25)19(23)21(28-14-16-10-6-3-7-11-16)20(18)27-13-15-8-4-2-5-9-15/h2-12H,13-14H2,1H3,(H,24,25). The average molecular weight is 382 g/mol. The molecule has 6 heteroatoms. The molecule has 5 nitrogen and oxygen atoms in total. The van der Waals surface area contributed by atoms with Gasteiger partial charge in [-0.15, -0.1) is 0 Å². The monoisotopic (exact) mass is 382 g/mol. The van der Waals surface area contributed by atoms with Gasteiger partial charge in [0.25, 0.3) is 0 Å².